The van der Waals surface area contributed by atoms with Crippen molar-refractivity contribution in [3.8, 4) is 5.75 Å². The van der Waals surface area contributed by atoms with Gasteiger partial charge in [-0.15, -0.1) is 0 Å². The Morgan fingerprint density at radius 3 is 2.08 bits per heavy atom. The molecule has 2 rings (SSSR count). The zero-order valence-corrected chi connectivity index (χ0v) is 17.3. The van der Waals surface area contributed by atoms with Gasteiger partial charge < -0.3 is 10.5 Å². The lowest BCUT2D eigenvalue weighted by atomic mass is 10.0. The molecular formula is C21H33NOS. The zero-order valence-electron chi connectivity index (χ0n) is 16.4. The van der Waals surface area contributed by atoms with Crippen molar-refractivity contribution in [3.63, 3.8) is 0 Å². The summed E-state index contributed by atoms with van der Waals surface area (Å²) in [6.07, 6.45) is 0. The van der Waals surface area contributed by atoms with Gasteiger partial charge in [-0.05, 0) is 60.4 Å². The van der Waals surface area contributed by atoms with Crippen LogP contribution < -0.4 is 10.5 Å². The molecule has 2 aromatic carbocycles. The second-order valence-electron chi connectivity index (χ2n) is 5.19. The standard InChI is InChI=1S/C17H21NOS.2C2H6/c1-11(2)15-10-14(6-7-16(15)19-4)20-17-8-5-13(18)9-12(17)3;2*1-2/h5-11H,18H2,1-4H3;2*1-2H3. The number of hydrogen-bond acceptors (Lipinski definition) is 3. The van der Waals surface area contributed by atoms with Crippen molar-refractivity contribution in [2.45, 2.75) is 64.2 Å². The van der Waals surface area contributed by atoms with Crippen LogP contribution in [0.1, 0.15) is 58.6 Å². The van der Waals surface area contributed by atoms with Gasteiger partial charge in [0.05, 0.1) is 7.11 Å². The summed E-state index contributed by atoms with van der Waals surface area (Å²) in [5.74, 6) is 1.40. The van der Waals surface area contributed by atoms with Gasteiger partial charge in [0.1, 0.15) is 5.75 Å². The third-order valence-corrected chi connectivity index (χ3v) is 4.42. The molecule has 0 atom stereocenters. The summed E-state index contributed by atoms with van der Waals surface area (Å²) in [6, 6.07) is 12.4. The molecule has 0 bridgehead atoms. The second-order valence-corrected chi connectivity index (χ2v) is 6.30. The fourth-order valence-electron chi connectivity index (χ4n) is 2.14. The molecule has 24 heavy (non-hydrogen) atoms. The average molecular weight is 348 g/mol. The van der Waals surface area contributed by atoms with Crippen molar-refractivity contribution < 1.29 is 4.74 Å². The molecule has 2 nitrogen and oxygen atoms in total. The van der Waals surface area contributed by atoms with Gasteiger partial charge in [-0.3, -0.25) is 0 Å². The summed E-state index contributed by atoms with van der Waals surface area (Å²) in [4.78, 5) is 2.46. The van der Waals surface area contributed by atoms with Gasteiger partial charge in [0.15, 0.2) is 0 Å². The molecule has 0 amide bonds. The molecule has 134 valence electrons. The van der Waals surface area contributed by atoms with Crippen LogP contribution in [0.4, 0.5) is 5.69 Å². The molecule has 0 spiro atoms. The van der Waals surface area contributed by atoms with Crippen LogP contribution in [0.3, 0.4) is 0 Å². The van der Waals surface area contributed by atoms with Crippen molar-refractivity contribution in [1.82, 2.24) is 0 Å². The van der Waals surface area contributed by atoms with Crippen molar-refractivity contribution in [1.29, 1.82) is 0 Å². The molecule has 2 aromatic rings. The number of hydrogen-bond donors (Lipinski definition) is 1. The summed E-state index contributed by atoms with van der Waals surface area (Å²) < 4.78 is 5.43. The predicted octanol–water partition coefficient (Wildman–Crippen LogP) is 6.91. The normalized spacial score (nSPS) is 9.54. The van der Waals surface area contributed by atoms with Crippen LogP contribution in [0, 0.1) is 6.92 Å². The van der Waals surface area contributed by atoms with E-state index in [1.54, 1.807) is 18.9 Å². The number of nitrogens with two attached hydrogens (primary N) is 1. The first-order valence-corrected chi connectivity index (χ1v) is 9.55. The van der Waals surface area contributed by atoms with E-state index >= 15 is 0 Å². The number of benzene rings is 2. The number of rotatable bonds is 4. The van der Waals surface area contributed by atoms with Crippen LogP contribution in [-0.4, -0.2) is 7.11 Å². The van der Waals surface area contributed by atoms with Gasteiger partial charge >= 0.3 is 0 Å². The number of nitrogen functional groups attached to an aromatic ring is 1. The lowest BCUT2D eigenvalue weighted by Gasteiger charge is -2.14. The highest BCUT2D eigenvalue weighted by Crippen LogP contribution is 2.35. The van der Waals surface area contributed by atoms with E-state index in [9.17, 15) is 0 Å². The van der Waals surface area contributed by atoms with Crippen LogP contribution in [0.15, 0.2) is 46.2 Å². The quantitative estimate of drug-likeness (QED) is 0.610. The van der Waals surface area contributed by atoms with E-state index in [0.29, 0.717) is 5.92 Å². The van der Waals surface area contributed by atoms with E-state index < -0.39 is 0 Å². The van der Waals surface area contributed by atoms with Crippen molar-refractivity contribution >= 4 is 17.4 Å². The lowest BCUT2D eigenvalue weighted by Crippen LogP contribution is -1.94. The highest BCUT2D eigenvalue weighted by molar-refractivity contribution is 7.99. The Labute approximate surface area is 152 Å². The topological polar surface area (TPSA) is 35.2 Å². The van der Waals surface area contributed by atoms with E-state index in [2.05, 4.69) is 39.0 Å². The molecular weight excluding hydrogens is 314 g/mol. The molecule has 0 saturated carbocycles. The number of ether oxygens (including phenoxy) is 1. The maximum Gasteiger partial charge on any atom is 0.122 e. The minimum absolute atomic E-state index is 0.443. The number of anilines is 1. The van der Waals surface area contributed by atoms with Crippen molar-refractivity contribution in [2.75, 3.05) is 12.8 Å². The molecule has 0 aliphatic rings. The summed E-state index contributed by atoms with van der Waals surface area (Å²) in [5, 5.41) is 0. The summed E-state index contributed by atoms with van der Waals surface area (Å²) in [7, 11) is 1.72. The molecule has 0 radical (unpaired) electrons. The molecule has 2 N–H and O–H groups in total. The highest BCUT2D eigenvalue weighted by atomic mass is 32.2. The second kappa shape index (κ2) is 11.9. The van der Waals surface area contributed by atoms with Crippen molar-refractivity contribution in [3.05, 3.63) is 47.5 Å². The lowest BCUT2D eigenvalue weighted by molar-refractivity contribution is 0.407. The van der Waals surface area contributed by atoms with Gasteiger partial charge in [0.25, 0.3) is 0 Å². The summed E-state index contributed by atoms with van der Waals surface area (Å²) in [6.45, 7) is 14.5. The SMILES string of the molecule is CC.CC.COc1ccc(Sc2ccc(N)cc2C)cc1C(C)C. The van der Waals surface area contributed by atoms with E-state index in [1.807, 2.05) is 45.9 Å². The van der Waals surface area contributed by atoms with Gasteiger partial charge in [0, 0.05) is 15.5 Å². The Morgan fingerprint density at radius 2 is 1.58 bits per heavy atom. The minimum atomic E-state index is 0.443. The van der Waals surface area contributed by atoms with Crippen molar-refractivity contribution in [2.24, 2.45) is 0 Å². The molecule has 0 saturated heterocycles. The molecule has 0 heterocycles. The maximum absolute atomic E-state index is 5.80. The predicted molar refractivity (Wildman–Crippen MR) is 109 cm³/mol. The Morgan fingerprint density at radius 1 is 0.958 bits per heavy atom. The maximum atomic E-state index is 5.80. The smallest absolute Gasteiger partial charge is 0.122 e. The largest absolute Gasteiger partial charge is 0.496 e. The Balaban J connectivity index is 0.00000123. The van der Waals surface area contributed by atoms with Crippen LogP contribution in [0.2, 0.25) is 0 Å². The van der Waals surface area contributed by atoms with E-state index in [1.165, 1.54) is 20.9 Å². The zero-order chi connectivity index (χ0) is 18.7. The first kappa shape index (κ1) is 22.4. The number of aryl methyl sites for hydroxylation is 1. The fraction of sp³-hybridized carbons (Fsp3) is 0.429. The first-order valence-electron chi connectivity index (χ1n) is 8.73. The first-order chi connectivity index (χ1) is 11.5. The molecule has 3 heteroatoms. The third kappa shape index (κ3) is 6.48. The van der Waals surface area contributed by atoms with Gasteiger partial charge in [-0.2, -0.15) is 0 Å². The van der Waals surface area contributed by atoms with Gasteiger partial charge in [-0.1, -0.05) is 53.3 Å². The Kier molecular flexibility index (Phi) is 11.1. The number of methoxy groups -OCH3 is 1. The van der Waals surface area contributed by atoms with Crippen LogP contribution in [0.25, 0.3) is 0 Å². The monoisotopic (exact) mass is 347 g/mol. The van der Waals surface area contributed by atoms with E-state index in [4.69, 9.17) is 10.5 Å². The Bertz CT molecular complexity index is 609. The molecule has 0 unspecified atom stereocenters. The van der Waals surface area contributed by atoms with Crippen LogP contribution >= 0.6 is 11.8 Å². The van der Waals surface area contributed by atoms with E-state index in [-0.39, 0.29) is 0 Å². The molecule has 0 aliphatic carbocycles. The highest BCUT2D eigenvalue weighted by Gasteiger charge is 2.10. The van der Waals surface area contributed by atoms with Gasteiger partial charge in [0.2, 0.25) is 0 Å². The summed E-state index contributed by atoms with van der Waals surface area (Å²) >= 11 is 1.76. The van der Waals surface area contributed by atoms with E-state index in [0.717, 1.165) is 11.4 Å². The molecule has 0 aromatic heterocycles. The minimum Gasteiger partial charge on any atom is -0.496 e. The van der Waals surface area contributed by atoms with Gasteiger partial charge in [-0.25, -0.2) is 0 Å². The third-order valence-electron chi connectivity index (χ3n) is 3.25. The summed E-state index contributed by atoms with van der Waals surface area (Å²) in [5.41, 5.74) is 9.05. The van der Waals surface area contributed by atoms with Crippen LogP contribution in [-0.2, 0) is 0 Å². The average Bonchev–Trinajstić information content (AvgIpc) is 2.61. The van der Waals surface area contributed by atoms with Crippen LogP contribution in [0.5, 0.6) is 5.75 Å². The molecule has 0 fully saturated rings. The Hall–Kier alpha value is -1.61. The fourth-order valence-corrected chi connectivity index (χ4v) is 3.07. The molecule has 0 aliphatic heterocycles.